The van der Waals surface area contributed by atoms with E-state index in [2.05, 4.69) is 20.9 Å². The minimum atomic E-state index is -0.648. The van der Waals surface area contributed by atoms with Gasteiger partial charge >= 0.3 is 0 Å². The number of aryl methyl sites for hydroxylation is 1. The Labute approximate surface area is 82.1 Å². The lowest BCUT2D eigenvalue weighted by Gasteiger charge is -1.98. The number of pyridine rings is 1. The van der Waals surface area contributed by atoms with E-state index in [1.54, 1.807) is 0 Å². The maximum atomic E-state index is 12.9. The zero-order valence-corrected chi connectivity index (χ0v) is 8.12. The third-order valence-corrected chi connectivity index (χ3v) is 1.87. The zero-order valence-electron chi connectivity index (χ0n) is 6.54. The first-order valence-corrected chi connectivity index (χ1v) is 4.62. The van der Waals surface area contributed by atoms with Gasteiger partial charge in [-0.3, -0.25) is 10.1 Å². The SMILES string of the molecule is O=[N+]([O-])c1cnc(F)c(CCBr)c1. The van der Waals surface area contributed by atoms with Gasteiger partial charge in [-0.05, 0) is 6.42 Å². The summed E-state index contributed by atoms with van der Waals surface area (Å²) in [5, 5.41) is 10.8. The molecule has 1 heterocycles. The van der Waals surface area contributed by atoms with E-state index >= 15 is 0 Å². The van der Waals surface area contributed by atoms with Gasteiger partial charge in [-0.15, -0.1) is 0 Å². The van der Waals surface area contributed by atoms with Gasteiger partial charge in [0.1, 0.15) is 6.20 Å². The summed E-state index contributed by atoms with van der Waals surface area (Å²) >= 11 is 3.12. The lowest BCUT2D eigenvalue weighted by atomic mass is 10.2. The quantitative estimate of drug-likeness (QED) is 0.356. The molecular weight excluding hydrogens is 243 g/mol. The van der Waals surface area contributed by atoms with Crippen LogP contribution in [0.2, 0.25) is 0 Å². The second-order valence-corrected chi connectivity index (χ2v) is 3.13. The van der Waals surface area contributed by atoms with Crippen LogP contribution < -0.4 is 0 Å². The predicted molar refractivity (Wildman–Crippen MR) is 48.3 cm³/mol. The number of hydrogen-bond acceptors (Lipinski definition) is 3. The molecule has 0 N–H and O–H groups in total. The Kier molecular flexibility index (Phi) is 3.30. The number of hydrogen-bond donors (Lipinski definition) is 0. The first-order valence-electron chi connectivity index (χ1n) is 3.50. The highest BCUT2D eigenvalue weighted by Gasteiger charge is 2.11. The number of aromatic nitrogens is 1. The summed E-state index contributed by atoms with van der Waals surface area (Å²) in [5.74, 6) is -0.648. The summed E-state index contributed by atoms with van der Waals surface area (Å²) in [5.41, 5.74) is 0.0726. The first-order chi connectivity index (χ1) is 6.15. The van der Waals surface area contributed by atoms with Crippen molar-refractivity contribution < 1.29 is 9.31 Å². The summed E-state index contributed by atoms with van der Waals surface area (Å²) in [6.07, 6.45) is 1.30. The average Bonchev–Trinajstić information content (AvgIpc) is 2.08. The highest BCUT2D eigenvalue weighted by molar-refractivity contribution is 9.09. The highest BCUT2D eigenvalue weighted by Crippen LogP contribution is 2.15. The fourth-order valence-electron chi connectivity index (χ4n) is 0.858. The Balaban J connectivity index is 3.03. The van der Waals surface area contributed by atoms with Gasteiger partial charge in [0.15, 0.2) is 0 Å². The van der Waals surface area contributed by atoms with Crippen LogP contribution >= 0.6 is 15.9 Å². The van der Waals surface area contributed by atoms with E-state index in [0.717, 1.165) is 6.20 Å². The fourth-order valence-corrected chi connectivity index (χ4v) is 1.29. The third kappa shape index (κ3) is 2.45. The molecule has 1 aromatic heterocycles. The molecule has 0 saturated carbocycles. The van der Waals surface area contributed by atoms with Crippen molar-refractivity contribution in [3.8, 4) is 0 Å². The molecule has 1 rings (SSSR count). The third-order valence-electron chi connectivity index (χ3n) is 1.47. The molecule has 0 aliphatic carbocycles. The molecule has 0 bridgehead atoms. The van der Waals surface area contributed by atoms with Crippen LogP contribution in [0.25, 0.3) is 0 Å². The van der Waals surface area contributed by atoms with Crippen molar-refractivity contribution >= 4 is 21.6 Å². The van der Waals surface area contributed by atoms with E-state index in [0.29, 0.717) is 11.8 Å². The van der Waals surface area contributed by atoms with Crippen LogP contribution in [0, 0.1) is 16.1 Å². The van der Waals surface area contributed by atoms with Crippen LogP contribution in [-0.4, -0.2) is 15.2 Å². The molecule has 4 nitrogen and oxygen atoms in total. The van der Waals surface area contributed by atoms with E-state index in [4.69, 9.17) is 0 Å². The van der Waals surface area contributed by atoms with Gasteiger partial charge in [0, 0.05) is 17.0 Å². The highest BCUT2D eigenvalue weighted by atomic mass is 79.9. The first kappa shape index (κ1) is 10.0. The molecule has 0 aliphatic heterocycles. The summed E-state index contributed by atoms with van der Waals surface area (Å²) in [4.78, 5) is 13.0. The molecule has 0 aromatic carbocycles. The lowest BCUT2D eigenvalue weighted by molar-refractivity contribution is -0.385. The maximum Gasteiger partial charge on any atom is 0.288 e. The van der Waals surface area contributed by atoms with Crippen molar-refractivity contribution in [2.45, 2.75) is 6.42 Å². The minimum Gasteiger partial charge on any atom is -0.258 e. The van der Waals surface area contributed by atoms with Crippen LogP contribution in [0.1, 0.15) is 5.56 Å². The molecule has 0 fully saturated rings. The topological polar surface area (TPSA) is 56.0 Å². The van der Waals surface area contributed by atoms with Gasteiger partial charge in [0.25, 0.3) is 5.69 Å². The fraction of sp³-hybridized carbons (Fsp3) is 0.286. The normalized spacial score (nSPS) is 10.0. The Morgan fingerprint density at radius 3 is 2.92 bits per heavy atom. The van der Waals surface area contributed by atoms with Crippen molar-refractivity contribution in [2.24, 2.45) is 0 Å². The second-order valence-electron chi connectivity index (χ2n) is 2.34. The second kappa shape index (κ2) is 4.27. The van der Waals surface area contributed by atoms with Gasteiger partial charge in [-0.1, -0.05) is 15.9 Å². The Morgan fingerprint density at radius 1 is 1.69 bits per heavy atom. The summed E-state index contributed by atoms with van der Waals surface area (Å²) in [6.45, 7) is 0. The van der Waals surface area contributed by atoms with Crippen LogP contribution in [-0.2, 0) is 6.42 Å². The van der Waals surface area contributed by atoms with Crippen molar-refractivity contribution in [3.05, 3.63) is 33.9 Å². The van der Waals surface area contributed by atoms with Crippen LogP contribution in [0.4, 0.5) is 10.1 Å². The van der Waals surface area contributed by atoms with Crippen LogP contribution in [0.15, 0.2) is 12.3 Å². The number of nitro groups is 1. The van der Waals surface area contributed by atoms with Crippen LogP contribution in [0.3, 0.4) is 0 Å². The van der Waals surface area contributed by atoms with E-state index in [-0.39, 0.29) is 11.3 Å². The molecule has 1 aromatic rings. The summed E-state index contributed by atoms with van der Waals surface area (Å²) in [6, 6.07) is 1.20. The van der Waals surface area contributed by atoms with Gasteiger partial charge in [0.2, 0.25) is 5.95 Å². The molecule has 0 aliphatic rings. The Morgan fingerprint density at radius 2 is 2.38 bits per heavy atom. The van der Waals surface area contributed by atoms with Crippen LogP contribution in [0.5, 0.6) is 0 Å². The summed E-state index contributed by atoms with van der Waals surface area (Å²) in [7, 11) is 0. The molecule has 0 saturated heterocycles. The van der Waals surface area contributed by atoms with Gasteiger partial charge in [-0.25, -0.2) is 4.98 Å². The van der Waals surface area contributed by atoms with Gasteiger partial charge < -0.3 is 0 Å². The molecule has 70 valence electrons. The van der Waals surface area contributed by atoms with Gasteiger partial charge in [-0.2, -0.15) is 4.39 Å². The van der Waals surface area contributed by atoms with Crippen molar-refractivity contribution in [3.63, 3.8) is 0 Å². The molecule has 6 heteroatoms. The summed E-state index contributed by atoms with van der Waals surface area (Å²) < 4.78 is 12.9. The maximum absolute atomic E-state index is 12.9. The van der Waals surface area contributed by atoms with E-state index in [1.807, 2.05) is 0 Å². The Hall–Kier alpha value is -1.04. The zero-order chi connectivity index (χ0) is 9.84. The van der Waals surface area contributed by atoms with Crippen molar-refractivity contribution in [1.29, 1.82) is 0 Å². The molecule has 0 amide bonds. The predicted octanol–water partition coefficient (Wildman–Crippen LogP) is 2.07. The van der Waals surface area contributed by atoms with Crippen molar-refractivity contribution in [2.75, 3.05) is 5.33 Å². The number of rotatable bonds is 3. The Bertz CT molecular complexity index is 332. The van der Waals surface area contributed by atoms with Gasteiger partial charge in [0.05, 0.1) is 4.92 Å². The molecule has 13 heavy (non-hydrogen) atoms. The average molecular weight is 249 g/mol. The molecule has 0 atom stereocenters. The number of alkyl halides is 1. The largest absolute Gasteiger partial charge is 0.288 e. The number of halogens is 2. The molecular formula is C7H6BrFN2O2. The molecule has 0 radical (unpaired) electrons. The molecule has 0 spiro atoms. The monoisotopic (exact) mass is 248 g/mol. The standard InChI is InChI=1S/C7H6BrFN2O2/c8-2-1-5-3-6(11(12)13)4-10-7(5)9/h3-4H,1-2H2. The smallest absolute Gasteiger partial charge is 0.258 e. The van der Waals surface area contributed by atoms with E-state index in [9.17, 15) is 14.5 Å². The lowest BCUT2D eigenvalue weighted by Crippen LogP contribution is -1.98. The minimum absolute atomic E-state index is 0.183. The number of nitrogens with zero attached hydrogens (tertiary/aromatic N) is 2. The van der Waals surface area contributed by atoms with E-state index in [1.165, 1.54) is 6.07 Å². The molecule has 0 unspecified atom stereocenters. The van der Waals surface area contributed by atoms with Crippen molar-refractivity contribution in [1.82, 2.24) is 4.98 Å². The van der Waals surface area contributed by atoms with E-state index < -0.39 is 10.9 Å².